The Balaban J connectivity index is 0.000000180. The second-order valence-corrected chi connectivity index (χ2v) is 8.41. The molecule has 34 heavy (non-hydrogen) atoms. The van der Waals surface area contributed by atoms with Crippen molar-refractivity contribution in [2.45, 2.75) is 13.8 Å². The van der Waals surface area contributed by atoms with E-state index in [1.165, 1.54) is 54.9 Å². The minimum absolute atomic E-state index is 0. The van der Waals surface area contributed by atoms with Gasteiger partial charge in [0.1, 0.15) is 0 Å². The second kappa shape index (κ2) is 11.6. The van der Waals surface area contributed by atoms with Crippen molar-refractivity contribution in [3.63, 3.8) is 0 Å². The second-order valence-electron chi connectivity index (χ2n) is 8.41. The third-order valence-corrected chi connectivity index (χ3v) is 5.96. The van der Waals surface area contributed by atoms with Crippen LogP contribution in [0.1, 0.15) is 11.1 Å². The summed E-state index contributed by atoms with van der Waals surface area (Å²) in [4.78, 5) is 0. The van der Waals surface area contributed by atoms with Crippen LogP contribution in [0.25, 0.3) is 43.8 Å². The fraction of sp³-hybridized carbons (Fsp3) is 0.0625. The van der Waals surface area contributed by atoms with Crippen LogP contribution in [0.3, 0.4) is 0 Å². The van der Waals surface area contributed by atoms with Gasteiger partial charge in [-0.3, -0.25) is 0 Å². The van der Waals surface area contributed by atoms with Crippen LogP contribution in [0, 0.1) is 13.8 Å². The van der Waals surface area contributed by atoms with Crippen molar-refractivity contribution in [3.8, 4) is 22.3 Å². The third-order valence-electron chi connectivity index (χ3n) is 5.96. The first kappa shape index (κ1) is 25.8. The monoisotopic (exact) mass is 531 g/mol. The first-order chi connectivity index (χ1) is 15.7. The van der Waals surface area contributed by atoms with Crippen molar-refractivity contribution in [1.82, 2.24) is 0 Å². The molecule has 0 nitrogen and oxygen atoms in total. The van der Waals surface area contributed by atoms with Crippen LogP contribution >= 0.6 is 0 Å². The molecule has 6 aromatic carbocycles. The van der Waals surface area contributed by atoms with E-state index in [0.29, 0.717) is 0 Å². The van der Waals surface area contributed by atoms with Crippen LogP contribution in [0.4, 0.5) is 0 Å². The average Bonchev–Trinajstić information content (AvgIpc) is 3.41. The number of rotatable bonds is 2. The fourth-order valence-corrected chi connectivity index (χ4v) is 4.51. The van der Waals surface area contributed by atoms with Gasteiger partial charge in [-0.1, -0.05) is 97.8 Å². The van der Waals surface area contributed by atoms with E-state index < -0.39 is 0 Å². The summed E-state index contributed by atoms with van der Waals surface area (Å²) in [5.74, 6) is 0. The number of hydrogen-bond donors (Lipinski definition) is 0. The van der Waals surface area contributed by atoms with Crippen molar-refractivity contribution in [2.75, 3.05) is 0 Å². The molecule has 0 bridgehead atoms. The topological polar surface area (TPSA) is 0 Å². The normalized spacial score (nSPS) is 10.2. The summed E-state index contributed by atoms with van der Waals surface area (Å²) in [6.07, 6.45) is 0. The van der Waals surface area contributed by atoms with Gasteiger partial charge >= 0.3 is 26.2 Å². The molecule has 0 amide bonds. The summed E-state index contributed by atoms with van der Waals surface area (Å²) in [6, 6.07) is 43.1. The van der Waals surface area contributed by atoms with E-state index in [4.69, 9.17) is 0 Å². The molecule has 0 spiro atoms. The van der Waals surface area contributed by atoms with E-state index in [0.717, 1.165) is 0 Å². The van der Waals surface area contributed by atoms with Crippen molar-refractivity contribution in [2.24, 2.45) is 0 Å². The molecule has 0 heterocycles. The van der Waals surface area contributed by atoms with E-state index in [-0.39, 0.29) is 37.2 Å². The summed E-state index contributed by atoms with van der Waals surface area (Å²) in [5.41, 5.74) is 7.89. The predicted octanol–water partition coefficient (Wildman–Crippen LogP) is 7.88. The Morgan fingerprint density at radius 3 is 1.24 bits per heavy atom. The fourth-order valence-electron chi connectivity index (χ4n) is 4.51. The maximum Gasteiger partial charge on any atom is 2.00 e. The van der Waals surface area contributed by atoms with E-state index in [2.05, 4.69) is 135 Å². The Morgan fingerprint density at radius 1 is 0.471 bits per heavy atom. The van der Waals surface area contributed by atoms with Gasteiger partial charge in [-0.15, -0.1) is 69.1 Å². The molecular weight excluding hydrogens is 504 g/mol. The van der Waals surface area contributed by atoms with Gasteiger partial charge in [0, 0.05) is 0 Å². The third kappa shape index (κ3) is 5.46. The molecule has 165 valence electrons. The van der Waals surface area contributed by atoms with Gasteiger partial charge in [-0.05, 0) is 22.1 Å². The zero-order chi connectivity index (χ0) is 21.9. The van der Waals surface area contributed by atoms with Crippen LogP contribution in [-0.4, -0.2) is 11.0 Å². The molecule has 0 aliphatic rings. The molecule has 0 atom stereocenters. The summed E-state index contributed by atoms with van der Waals surface area (Å²) in [5, 5.41) is 5.37. The molecule has 2 heteroatoms. The Kier molecular flexibility index (Phi) is 8.78. The molecule has 6 rings (SSSR count). The Morgan fingerprint density at radius 2 is 0.853 bits per heavy atom. The molecule has 6 aromatic rings. The minimum atomic E-state index is 0. The molecule has 0 fully saturated rings. The van der Waals surface area contributed by atoms with Crippen molar-refractivity contribution in [3.05, 3.63) is 132 Å². The standard InChI is InChI=1S/2C16H13.H3Si.Zr/c2*1-12-10-14-8-5-9-15(16(14)11-12)13-6-3-2-4-7-13;;/h2*2-11H,1H3;1H3;/q2*-1;;+2. The van der Waals surface area contributed by atoms with Crippen LogP contribution in [0.15, 0.2) is 121 Å². The van der Waals surface area contributed by atoms with E-state index in [1.54, 1.807) is 0 Å². The predicted molar refractivity (Wildman–Crippen MR) is 149 cm³/mol. The van der Waals surface area contributed by atoms with Gasteiger partial charge in [-0.2, -0.15) is 12.1 Å². The molecule has 0 aliphatic carbocycles. The molecule has 0 aromatic heterocycles. The van der Waals surface area contributed by atoms with Gasteiger partial charge < -0.3 is 0 Å². The van der Waals surface area contributed by atoms with E-state index in [9.17, 15) is 0 Å². The zero-order valence-electron chi connectivity index (χ0n) is 20.0. The minimum Gasteiger partial charge on any atom is -0.165 e. The first-order valence-electron chi connectivity index (χ1n) is 11.1. The summed E-state index contributed by atoms with van der Waals surface area (Å²) < 4.78 is 0. The largest absolute Gasteiger partial charge is 2.00 e. The van der Waals surface area contributed by atoms with Crippen LogP contribution in [0.5, 0.6) is 0 Å². The van der Waals surface area contributed by atoms with Crippen molar-refractivity contribution in [1.29, 1.82) is 0 Å². The number of fused-ring (bicyclic) bond motifs is 2. The van der Waals surface area contributed by atoms with Gasteiger partial charge in [0.25, 0.3) is 0 Å². The number of benzene rings is 4. The smallest absolute Gasteiger partial charge is 0.165 e. The van der Waals surface area contributed by atoms with Gasteiger partial charge in [0.05, 0.1) is 0 Å². The van der Waals surface area contributed by atoms with Crippen molar-refractivity contribution < 1.29 is 26.2 Å². The molecular formula is C32H29SiZr. The average molecular weight is 533 g/mol. The van der Waals surface area contributed by atoms with Gasteiger partial charge in [-0.25, -0.2) is 0 Å². The molecule has 0 N–H and O–H groups in total. The van der Waals surface area contributed by atoms with Gasteiger partial charge in [0.2, 0.25) is 0 Å². The van der Waals surface area contributed by atoms with Crippen LogP contribution < -0.4 is 0 Å². The summed E-state index contributed by atoms with van der Waals surface area (Å²) in [7, 11) is 0. The summed E-state index contributed by atoms with van der Waals surface area (Å²) in [6.45, 7) is 4.30. The molecule has 0 saturated carbocycles. The molecule has 0 unspecified atom stereocenters. The number of hydrogen-bond acceptors (Lipinski definition) is 0. The van der Waals surface area contributed by atoms with E-state index in [1.807, 2.05) is 0 Å². The van der Waals surface area contributed by atoms with Gasteiger partial charge in [0.15, 0.2) is 0 Å². The molecule has 0 aliphatic heterocycles. The maximum absolute atomic E-state index is 2.26. The Labute approximate surface area is 226 Å². The number of aryl methyl sites for hydroxylation is 2. The summed E-state index contributed by atoms with van der Waals surface area (Å²) >= 11 is 0. The van der Waals surface area contributed by atoms with Crippen LogP contribution in [-0.2, 0) is 26.2 Å². The molecule has 1 radical (unpaired) electrons. The van der Waals surface area contributed by atoms with E-state index >= 15 is 0 Å². The Bertz CT molecular complexity index is 1360. The van der Waals surface area contributed by atoms with Crippen molar-refractivity contribution >= 4 is 32.5 Å². The molecule has 0 saturated heterocycles. The SMILES string of the molecule is Cc1cc2c(-c3ccccc3)cccc2[cH-]1.Cc1cc2c(-c3ccccc3)cccc2[cH-]1.[SiH3].[Zr+2]. The maximum atomic E-state index is 2.26. The van der Waals surface area contributed by atoms with Crippen LogP contribution in [0.2, 0.25) is 0 Å². The first-order valence-corrected chi connectivity index (χ1v) is 11.1. The zero-order valence-corrected chi connectivity index (χ0v) is 24.5. The Hall–Kier alpha value is -2.80. The quantitative estimate of drug-likeness (QED) is 0.157.